The first kappa shape index (κ1) is 34.2. The molecule has 2 heterocycles. The number of aromatic nitrogens is 1. The van der Waals surface area contributed by atoms with Crippen LogP contribution >= 0.6 is 0 Å². The van der Waals surface area contributed by atoms with Crippen LogP contribution < -0.4 is 9.47 Å². The largest absolute Gasteiger partial charge is 0.497 e. The molecule has 4 rings (SSSR count). The zero-order valence-corrected chi connectivity index (χ0v) is 28.1. The summed E-state index contributed by atoms with van der Waals surface area (Å²) in [5.41, 5.74) is -2.18. The van der Waals surface area contributed by atoms with Crippen molar-refractivity contribution in [1.29, 1.82) is 0 Å². The first-order valence-corrected chi connectivity index (χ1v) is 15.8. The molecule has 10 heteroatoms. The van der Waals surface area contributed by atoms with E-state index in [9.17, 15) is 19.2 Å². The number of nitrogens with zero attached hydrogens (tertiary/aromatic N) is 2. The van der Waals surface area contributed by atoms with Gasteiger partial charge in [-0.1, -0.05) is 34.1 Å². The summed E-state index contributed by atoms with van der Waals surface area (Å²) in [5.74, 6) is -0.998. The molecule has 2 aromatic rings. The lowest BCUT2D eigenvalue weighted by Crippen LogP contribution is -2.48. The molecule has 2 aliphatic rings. The molecule has 0 bridgehead atoms. The number of likely N-dealkylation sites (tertiary alicyclic amines) is 1. The van der Waals surface area contributed by atoms with E-state index >= 15 is 0 Å². The molecule has 5 atom stereocenters. The molecule has 0 radical (unpaired) electrons. The van der Waals surface area contributed by atoms with Gasteiger partial charge in [0.15, 0.2) is 5.78 Å². The minimum absolute atomic E-state index is 0.0160. The first-order valence-electron chi connectivity index (χ1n) is 15.8. The number of carbonyl (C=O) groups excluding carboxylic acids is 4. The van der Waals surface area contributed by atoms with Gasteiger partial charge in [0.2, 0.25) is 11.8 Å². The molecule has 1 aliphatic carbocycles. The minimum Gasteiger partial charge on any atom is -0.497 e. The van der Waals surface area contributed by atoms with Gasteiger partial charge in [-0.25, -0.2) is 4.98 Å². The van der Waals surface area contributed by atoms with Gasteiger partial charge in [0, 0.05) is 24.4 Å². The quantitative estimate of drug-likeness (QED) is 0.297. The number of ether oxygens (including phenoxy) is 4. The summed E-state index contributed by atoms with van der Waals surface area (Å²) >= 11 is 0. The number of methoxy groups -OCH3 is 2. The topological polar surface area (TPSA) is 121 Å². The molecule has 1 aromatic heterocycles. The van der Waals surface area contributed by atoms with E-state index in [2.05, 4.69) is 4.98 Å². The fourth-order valence-corrected chi connectivity index (χ4v) is 6.54. The third-order valence-corrected chi connectivity index (χ3v) is 9.07. The first-order chi connectivity index (χ1) is 21.0. The summed E-state index contributed by atoms with van der Waals surface area (Å²) < 4.78 is 22.4. The fraction of sp³-hybridized carbons (Fsp3) is 0.629. The number of rotatable bonds is 11. The van der Waals surface area contributed by atoms with Gasteiger partial charge in [-0.15, -0.1) is 0 Å². The van der Waals surface area contributed by atoms with Crippen molar-refractivity contribution in [3.05, 3.63) is 30.5 Å². The molecule has 2 fully saturated rings. The van der Waals surface area contributed by atoms with E-state index in [0.29, 0.717) is 18.1 Å². The SMILES string of the molecule is CC[C@@H]1C[C@]1(CC(=O)[C@@H]1C[C@@H](Oc2nccc3cc(OC)ccc23)CN1C(=O)[C@@H](CC(=O)OC(C)(C)C)C(C)(C)C)C(=O)OC. The van der Waals surface area contributed by atoms with Crippen LogP contribution in [0.3, 0.4) is 0 Å². The van der Waals surface area contributed by atoms with Gasteiger partial charge < -0.3 is 23.8 Å². The molecule has 246 valence electrons. The lowest BCUT2D eigenvalue weighted by Gasteiger charge is -2.35. The Kier molecular flexibility index (Phi) is 9.85. The van der Waals surface area contributed by atoms with E-state index in [1.54, 1.807) is 39.0 Å². The summed E-state index contributed by atoms with van der Waals surface area (Å²) in [6, 6.07) is 6.60. The molecular formula is C35H48N2O8. The number of esters is 2. The smallest absolute Gasteiger partial charge is 0.312 e. The predicted octanol–water partition coefficient (Wildman–Crippen LogP) is 5.53. The number of carbonyl (C=O) groups is 4. The molecular weight excluding hydrogens is 576 g/mol. The lowest BCUT2D eigenvalue weighted by molar-refractivity contribution is -0.161. The van der Waals surface area contributed by atoms with Crippen molar-refractivity contribution in [3.8, 4) is 11.6 Å². The van der Waals surface area contributed by atoms with Crippen LogP contribution in [0.15, 0.2) is 30.5 Å². The van der Waals surface area contributed by atoms with E-state index < -0.39 is 40.5 Å². The van der Waals surface area contributed by atoms with Gasteiger partial charge in [-0.05, 0) is 68.2 Å². The zero-order chi connectivity index (χ0) is 33.3. The van der Waals surface area contributed by atoms with Crippen LogP contribution in [0, 0.1) is 22.7 Å². The van der Waals surface area contributed by atoms with E-state index in [-0.39, 0.29) is 49.4 Å². The second-order valence-corrected chi connectivity index (χ2v) is 14.5. The number of fused-ring (bicyclic) bond motifs is 1. The predicted molar refractivity (Wildman–Crippen MR) is 169 cm³/mol. The second-order valence-electron chi connectivity index (χ2n) is 14.5. The summed E-state index contributed by atoms with van der Waals surface area (Å²) in [7, 11) is 2.94. The van der Waals surface area contributed by atoms with Gasteiger partial charge in [0.25, 0.3) is 0 Å². The Morgan fingerprint density at radius 1 is 1.07 bits per heavy atom. The van der Waals surface area contributed by atoms with Crippen molar-refractivity contribution >= 4 is 34.4 Å². The van der Waals surface area contributed by atoms with E-state index in [1.165, 1.54) is 7.11 Å². The third-order valence-electron chi connectivity index (χ3n) is 9.07. The Morgan fingerprint density at radius 2 is 1.78 bits per heavy atom. The van der Waals surface area contributed by atoms with Gasteiger partial charge >= 0.3 is 11.9 Å². The van der Waals surface area contributed by atoms with Crippen molar-refractivity contribution in [2.24, 2.45) is 22.7 Å². The molecule has 0 unspecified atom stereocenters. The molecule has 1 saturated heterocycles. The molecule has 1 aliphatic heterocycles. The average molecular weight is 625 g/mol. The number of hydrogen-bond acceptors (Lipinski definition) is 9. The summed E-state index contributed by atoms with van der Waals surface area (Å²) in [5, 5.41) is 1.65. The maximum atomic E-state index is 14.4. The summed E-state index contributed by atoms with van der Waals surface area (Å²) in [6.45, 7) is 13.2. The van der Waals surface area contributed by atoms with Crippen LogP contribution in [0.2, 0.25) is 0 Å². The Hall–Kier alpha value is -3.69. The Balaban J connectivity index is 1.65. The highest BCUT2D eigenvalue weighted by Gasteiger charge is 2.61. The van der Waals surface area contributed by atoms with Crippen LogP contribution in [0.5, 0.6) is 11.6 Å². The Labute approximate surface area is 266 Å². The number of Topliss-reactive ketones (excluding diaryl/α,β-unsaturated/α-hetero) is 1. The highest BCUT2D eigenvalue weighted by atomic mass is 16.6. The highest BCUT2D eigenvalue weighted by Crippen LogP contribution is 2.58. The van der Waals surface area contributed by atoms with Crippen LogP contribution in [0.25, 0.3) is 10.8 Å². The summed E-state index contributed by atoms with van der Waals surface area (Å²) in [6.07, 6.45) is 2.52. The van der Waals surface area contributed by atoms with Crippen molar-refractivity contribution in [2.45, 2.75) is 98.3 Å². The lowest BCUT2D eigenvalue weighted by atomic mass is 9.77. The molecule has 1 saturated carbocycles. The monoisotopic (exact) mass is 624 g/mol. The normalized spacial score (nSPS) is 23.8. The third kappa shape index (κ3) is 7.59. The number of pyridine rings is 1. The van der Waals surface area contributed by atoms with Crippen LogP contribution in [0.1, 0.15) is 80.6 Å². The van der Waals surface area contributed by atoms with E-state index in [4.69, 9.17) is 18.9 Å². The van der Waals surface area contributed by atoms with Crippen LogP contribution in [-0.4, -0.2) is 72.0 Å². The number of hydrogen-bond donors (Lipinski definition) is 0. The van der Waals surface area contributed by atoms with Gasteiger partial charge in [-0.2, -0.15) is 0 Å². The van der Waals surface area contributed by atoms with Gasteiger partial charge in [0.1, 0.15) is 17.5 Å². The molecule has 1 aromatic carbocycles. The Morgan fingerprint density at radius 3 is 2.36 bits per heavy atom. The van der Waals surface area contributed by atoms with E-state index in [0.717, 1.165) is 17.2 Å². The van der Waals surface area contributed by atoms with Crippen molar-refractivity contribution in [3.63, 3.8) is 0 Å². The van der Waals surface area contributed by atoms with E-state index in [1.807, 2.05) is 52.0 Å². The molecule has 1 amide bonds. The summed E-state index contributed by atoms with van der Waals surface area (Å²) in [4.78, 5) is 60.2. The van der Waals surface area contributed by atoms with Crippen LogP contribution in [0.4, 0.5) is 0 Å². The Bertz CT molecular complexity index is 1440. The highest BCUT2D eigenvalue weighted by molar-refractivity contribution is 5.96. The molecule has 45 heavy (non-hydrogen) atoms. The minimum atomic E-state index is -0.871. The van der Waals surface area contributed by atoms with Gasteiger partial charge in [-0.3, -0.25) is 19.2 Å². The molecule has 0 N–H and O–H groups in total. The van der Waals surface area contributed by atoms with Gasteiger partial charge in [0.05, 0.1) is 44.6 Å². The van der Waals surface area contributed by atoms with Crippen molar-refractivity contribution < 1.29 is 38.1 Å². The van der Waals surface area contributed by atoms with Crippen LogP contribution in [-0.2, 0) is 28.7 Å². The zero-order valence-electron chi connectivity index (χ0n) is 28.1. The maximum Gasteiger partial charge on any atom is 0.312 e. The molecule has 10 nitrogen and oxygen atoms in total. The number of ketones is 1. The van der Waals surface area contributed by atoms with Crippen molar-refractivity contribution in [2.75, 3.05) is 20.8 Å². The molecule has 0 spiro atoms. The average Bonchev–Trinajstić information content (AvgIpc) is 3.52. The maximum absolute atomic E-state index is 14.4. The number of benzene rings is 1. The second kappa shape index (κ2) is 13.0. The standard InChI is InChI=1S/C35H48N2O8/c1-10-22-18-35(22,32(41)43-9)19-28(38)27-16-24(44-30-25-12-11-23(42-8)15-21(25)13-14-36-30)20-37(27)31(40)26(33(2,3)4)17-29(39)45-34(5,6)7/h11-15,22,24,26-27H,10,16-20H2,1-9H3/t22-,24-,26-,27+,35-/m1/s1. The van der Waals surface area contributed by atoms with Crippen molar-refractivity contribution in [1.82, 2.24) is 9.88 Å². The fourth-order valence-electron chi connectivity index (χ4n) is 6.54. The number of amides is 1.